The summed E-state index contributed by atoms with van der Waals surface area (Å²) in [6, 6.07) is 13.8. The van der Waals surface area contributed by atoms with Gasteiger partial charge < -0.3 is 24.3 Å². The minimum absolute atomic E-state index is 0.0659. The summed E-state index contributed by atoms with van der Waals surface area (Å²) < 4.78 is 6.45. The molecule has 0 radical (unpaired) electrons. The van der Waals surface area contributed by atoms with Crippen molar-refractivity contribution in [2.75, 3.05) is 56.1 Å². The molecular weight excluding hydrogens is 550 g/mol. The van der Waals surface area contributed by atoms with E-state index in [1.54, 1.807) is 4.90 Å². The van der Waals surface area contributed by atoms with Crippen LogP contribution >= 0.6 is 0 Å². The number of hydrogen-bond acceptors (Lipinski definition) is 7. The highest BCUT2D eigenvalue weighted by molar-refractivity contribution is 5.97. The summed E-state index contributed by atoms with van der Waals surface area (Å²) in [6.07, 6.45) is 5.87. The highest BCUT2D eigenvalue weighted by atomic mass is 16.5. The van der Waals surface area contributed by atoms with Gasteiger partial charge in [0.1, 0.15) is 18.0 Å². The number of benzene rings is 2. The Labute approximate surface area is 260 Å². The summed E-state index contributed by atoms with van der Waals surface area (Å²) in [7, 11) is 2.17. The Hall–Kier alpha value is -4.16. The number of aryl methyl sites for hydroxylation is 1. The molecule has 9 heteroatoms. The highest BCUT2D eigenvalue weighted by Crippen LogP contribution is 2.36. The summed E-state index contributed by atoms with van der Waals surface area (Å²) in [5.41, 5.74) is 4.60. The maximum Gasteiger partial charge on any atom is 0.318 e. The molecule has 2 fully saturated rings. The molecule has 9 nitrogen and oxygen atoms in total. The first-order valence-electron chi connectivity index (χ1n) is 15.9. The number of carbonyl (C=O) groups excluding carboxylic acids is 1. The molecule has 0 bridgehead atoms. The zero-order valence-corrected chi connectivity index (χ0v) is 26.2. The monoisotopic (exact) mass is 593 g/mol. The van der Waals surface area contributed by atoms with Crippen molar-refractivity contribution in [2.24, 2.45) is 0 Å². The van der Waals surface area contributed by atoms with E-state index in [1.807, 2.05) is 0 Å². The van der Waals surface area contributed by atoms with Crippen LogP contribution in [0.25, 0.3) is 15.6 Å². The Kier molecular flexibility index (Phi) is 8.72. The third kappa shape index (κ3) is 5.96. The normalized spacial score (nSPS) is 19.3. The van der Waals surface area contributed by atoms with Crippen LogP contribution in [0.5, 0.6) is 6.01 Å². The highest BCUT2D eigenvalue weighted by Gasteiger charge is 2.35. The molecular formula is C35H43N7O2. The van der Waals surface area contributed by atoms with Crippen molar-refractivity contribution in [2.45, 2.75) is 64.3 Å². The van der Waals surface area contributed by atoms with Crippen LogP contribution in [0.15, 0.2) is 49.1 Å². The second-order valence-electron chi connectivity index (χ2n) is 12.5. The number of likely N-dealkylation sites (N-methyl/N-ethyl adjacent to an activating group) is 1. The minimum atomic E-state index is -0.226. The van der Waals surface area contributed by atoms with Gasteiger partial charge >= 0.3 is 6.01 Å². The van der Waals surface area contributed by atoms with Crippen LogP contribution in [0, 0.1) is 13.5 Å². The maximum absolute atomic E-state index is 12.6. The number of ether oxygens (including phenoxy) is 1. The quantitative estimate of drug-likeness (QED) is 0.259. The standard InChI is InChI=1S/C35H43N7O2/c1-6-32(43)42-19-18-41(22-28(42)20-36-4)34-29-16-17-40(31-15-8-12-26-11-7-10-24(2)33(26)31)23-30(29)37-35(38-34)44-25(3)21-39(5)27-13-9-14-27/h6-8,10-12,15,25,27-28H,1,9,13-14,16-23H2,2-3,5H3/t25-,28?/m0/s1. The smallest absolute Gasteiger partial charge is 0.318 e. The number of carbonyl (C=O) groups is 1. The Bertz CT molecular complexity index is 1570. The van der Waals surface area contributed by atoms with Gasteiger partial charge in [-0.05, 0) is 63.2 Å². The number of rotatable bonds is 9. The Morgan fingerprint density at radius 1 is 1.18 bits per heavy atom. The average molecular weight is 594 g/mol. The van der Waals surface area contributed by atoms with Gasteiger partial charge in [-0.3, -0.25) is 9.69 Å². The molecule has 1 unspecified atom stereocenters. The molecule has 3 aliphatic rings. The molecule has 1 aliphatic carbocycles. The molecule has 2 aliphatic heterocycles. The number of hydrogen-bond donors (Lipinski definition) is 0. The lowest BCUT2D eigenvalue weighted by atomic mass is 9.92. The van der Waals surface area contributed by atoms with Gasteiger partial charge in [-0.2, -0.15) is 9.97 Å². The molecule has 1 saturated carbocycles. The maximum atomic E-state index is 12.6. The predicted molar refractivity (Wildman–Crippen MR) is 175 cm³/mol. The van der Waals surface area contributed by atoms with Gasteiger partial charge in [0.2, 0.25) is 12.5 Å². The van der Waals surface area contributed by atoms with Gasteiger partial charge in [0.25, 0.3) is 0 Å². The summed E-state index contributed by atoms with van der Waals surface area (Å²) in [5.74, 6) is 0.747. The molecule has 44 heavy (non-hydrogen) atoms. The van der Waals surface area contributed by atoms with E-state index in [2.05, 4.69) is 83.4 Å². The Morgan fingerprint density at radius 2 is 1.98 bits per heavy atom. The van der Waals surface area contributed by atoms with E-state index in [0.29, 0.717) is 38.2 Å². The number of fused-ring (bicyclic) bond motifs is 2. The van der Waals surface area contributed by atoms with Crippen LogP contribution in [-0.4, -0.2) is 90.2 Å². The van der Waals surface area contributed by atoms with Crippen molar-refractivity contribution in [1.82, 2.24) is 19.8 Å². The van der Waals surface area contributed by atoms with Crippen molar-refractivity contribution >= 4 is 28.2 Å². The number of nitrogens with zero attached hydrogens (tertiary/aromatic N) is 7. The molecule has 2 atom stereocenters. The molecule has 6 rings (SSSR count). The third-order valence-corrected chi connectivity index (χ3v) is 9.55. The van der Waals surface area contributed by atoms with Gasteiger partial charge in [0, 0.05) is 55.4 Å². The number of anilines is 2. The molecule has 0 N–H and O–H groups in total. The van der Waals surface area contributed by atoms with Gasteiger partial charge in [-0.15, -0.1) is 0 Å². The summed E-state index contributed by atoms with van der Waals surface area (Å²) in [5, 5.41) is 2.52. The van der Waals surface area contributed by atoms with E-state index >= 15 is 0 Å². The lowest BCUT2D eigenvalue weighted by Crippen LogP contribution is -2.56. The Morgan fingerprint density at radius 3 is 2.70 bits per heavy atom. The van der Waals surface area contributed by atoms with Gasteiger partial charge in [0.05, 0.1) is 12.2 Å². The first kappa shape index (κ1) is 29.9. The van der Waals surface area contributed by atoms with Crippen molar-refractivity contribution in [3.05, 3.63) is 77.3 Å². The molecule has 2 aromatic carbocycles. The zero-order chi connectivity index (χ0) is 30.8. The second-order valence-corrected chi connectivity index (χ2v) is 12.5. The largest absolute Gasteiger partial charge is 0.459 e. The van der Waals surface area contributed by atoms with Gasteiger partial charge in [-0.25, -0.2) is 6.57 Å². The van der Waals surface area contributed by atoms with E-state index in [0.717, 1.165) is 36.6 Å². The van der Waals surface area contributed by atoms with Gasteiger partial charge in [-0.1, -0.05) is 43.3 Å². The van der Waals surface area contributed by atoms with Crippen molar-refractivity contribution in [3.63, 3.8) is 0 Å². The van der Waals surface area contributed by atoms with Crippen molar-refractivity contribution in [1.29, 1.82) is 0 Å². The summed E-state index contributed by atoms with van der Waals surface area (Å²) in [6.45, 7) is 19.7. The molecule has 230 valence electrons. The van der Waals surface area contributed by atoms with E-state index < -0.39 is 0 Å². The number of aromatic nitrogens is 2. The number of amides is 1. The Balaban J connectivity index is 1.33. The number of piperazine rings is 1. The predicted octanol–water partition coefficient (Wildman–Crippen LogP) is 4.88. The van der Waals surface area contributed by atoms with Crippen LogP contribution < -0.4 is 14.5 Å². The van der Waals surface area contributed by atoms with Crippen molar-refractivity contribution in [3.8, 4) is 6.01 Å². The molecule has 0 spiro atoms. The molecule has 1 aromatic heterocycles. The van der Waals surface area contributed by atoms with Gasteiger partial charge in [0.15, 0.2) is 0 Å². The fraction of sp³-hybridized carbons (Fsp3) is 0.486. The molecule has 3 heterocycles. The van der Waals surface area contributed by atoms with Crippen LogP contribution in [0.2, 0.25) is 0 Å². The first-order valence-corrected chi connectivity index (χ1v) is 15.9. The van der Waals surface area contributed by atoms with E-state index in [9.17, 15) is 4.79 Å². The molecule has 3 aromatic rings. The van der Waals surface area contributed by atoms with E-state index in [-0.39, 0.29) is 24.6 Å². The minimum Gasteiger partial charge on any atom is -0.459 e. The van der Waals surface area contributed by atoms with E-state index in [1.165, 1.54) is 47.4 Å². The lowest BCUT2D eigenvalue weighted by molar-refractivity contribution is -0.128. The first-order chi connectivity index (χ1) is 21.4. The van der Waals surface area contributed by atoms with E-state index in [4.69, 9.17) is 21.3 Å². The summed E-state index contributed by atoms with van der Waals surface area (Å²) in [4.78, 5) is 35.1. The van der Waals surface area contributed by atoms with Crippen LogP contribution in [0.4, 0.5) is 11.5 Å². The topological polar surface area (TPSA) is 69.4 Å². The zero-order valence-electron chi connectivity index (χ0n) is 26.2. The lowest BCUT2D eigenvalue weighted by Gasteiger charge is -2.41. The summed E-state index contributed by atoms with van der Waals surface area (Å²) >= 11 is 0. The van der Waals surface area contributed by atoms with Crippen LogP contribution in [0.1, 0.15) is 43.0 Å². The van der Waals surface area contributed by atoms with Crippen LogP contribution in [0.3, 0.4) is 0 Å². The fourth-order valence-electron chi connectivity index (χ4n) is 6.99. The molecule has 1 amide bonds. The molecule has 1 saturated heterocycles. The second kappa shape index (κ2) is 12.8. The van der Waals surface area contributed by atoms with Crippen molar-refractivity contribution < 1.29 is 9.53 Å². The van der Waals surface area contributed by atoms with Crippen LogP contribution in [-0.2, 0) is 17.8 Å². The fourth-order valence-corrected chi connectivity index (χ4v) is 6.99. The SMILES string of the molecule is [C-]#[N+]CC1CN(c2nc(O[C@@H](C)CN(C)C3CCC3)nc3c2CCN(c2cccc4cccc(C)c24)C3)CCN1C(=O)C=C. The third-order valence-electron chi connectivity index (χ3n) is 9.55. The average Bonchev–Trinajstić information content (AvgIpc) is 2.99.